The molecule has 1 aromatic heterocycles. The van der Waals surface area contributed by atoms with Gasteiger partial charge in [0.15, 0.2) is 21.8 Å². The number of hydrogen-bond donors (Lipinski definition) is 2. The average Bonchev–Trinajstić information content (AvgIpc) is 2.99. The van der Waals surface area contributed by atoms with Crippen molar-refractivity contribution in [3.63, 3.8) is 0 Å². The number of carbonyl (C=O) groups is 1. The second-order valence-corrected chi connectivity index (χ2v) is 6.30. The predicted molar refractivity (Wildman–Crippen MR) is 84.3 cm³/mol. The van der Waals surface area contributed by atoms with E-state index in [9.17, 15) is 18.0 Å². The molecule has 0 atom stereocenters. The third-order valence-electron chi connectivity index (χ3n) is 2.44. The first-order chi connectivity index (χ1) is 11.0. The minimum Gasteiger partial charge on any atom is -0.357 e. The molecular weight excluding hydrogens is 349 g/mol. The second-order valence-electron chi connectivity index (χ2n) is 4.10. The molecule has 5 nitrogen and oxygen atoms in total. The van der Waals surface area contributed by atoms with Gasteiger partial charge in [0, 0.05) is 6.54 Å². The van der Waals surface area contributed by atoms with Crippen molar-refractivity contribution in [1.29, 1.82) is 0 Å². The molecule has 122 valence electrons. The minimum absolute atomic E-state index is 0.0749. The maximum absolute atomic E-state index is 13.4. The van der Waals surface area contributed by atoms with Crippen LogP contribution in [0.4, 0.5) is 24.0 Å². The van der Waals surface area contributed by atoms with E-state index in [1.165, 1.54) is 11.3 Å². The van der Waals surface area contributed by atoms with Crippen molar-refractivity contribution in [2.45, 2.75) is 4.34 Å². The molecule has 1 heterocycles. The molecule has 0 aliphatic heterocycles. The highest BCUT2D eigenvalue weighted by atomic mass is 32.2. The van der Waals surface area contributed by atoms with Crippen LogP contribution in [0.2, 0.25) is 0 Å². The van der Waals surface area contributed by atoms with E-state index in [1.807, 2.05) is 0 Å². The highest BCUT2D eigenvalue weighted by Gasteiger charge is 2.15. The lowest BCUT2D eigenvalue weighted by Crippen LogP contribution is -2.15. The number of aromatic nitrogens is 2. The van der Waals surface area contributed by atoms with Crippen LogP contribution in [0.3, 0.4) is 0 Å². The Balaban J connectivity index is 1.89. The van der Waals surface area contributed by atoms with Gasteiger partial charge < -0.3 is 10.6 Å². The van der Waals surface area contributed by atoms with Crippen molar-refractivity contribution in [3.8, 4) is 0 Å². The standard InChI is InChI=1S/C13H11F3N4OS2/c1-2-5-17-12-19-20-13(23-12)22-6-9(21)18-8-4-3-7(14)10(15)11(8)16/h2-4H,1,5-6H2,(H,17,19)(H,18,21). The maximum Gasteiger partial charge on any atom is 0.234 e. The fourth-order valence-electron chi connectivity index (χ4n) is 1.44. The van der Waals surface area contributed by atoms with Gasteiger partial charge in [-0.1, -0.05) is 29.2 Å². The van der Waals surface area contributed by atoms with Gasteiger partial charge in [-0.3, -0.25) is 4.79 Å². The van der Waals surface area contributed by atoms with Crippen LogP contribution < -0.4 is 10.6 Å². The zero-order valence-corrected chi connectivity index (χ0v) is 13.2. The molecule has 1 amide bonds. The third kappa shape index (κ3) is 4.70. The largest absolute Gasteiger partial charge is 0.357 e. The Morgan fingerprint density at radius 3 is 2.83 bits per heavy atom. The van der Waals surface area contributed by atoms with Crippen molar-refractivity contribution < 1.29 is 18.0 Å². The van der Waals surface area contributed by atoms with E-state index in [-0.39, 0.29) is 5.75 Å². The zero-order valence-electron chi connectivity index (χ0n) is 11.6. The zero-order chi connectivity index (χ0) is 16.8. The third-order valence-corrected chi connectivity index (χ3v) is 4.45. The Hall–Kier alpha value is -2.07. The first-order valence-corrected chi connectivity index (χ1v) is 8.06. The second kappa shape index (κ2) is 7.97. The Morgan fingerprint density at radius 2 is 2.09 bits per heavy atom. The van der Waals surface area contributed by atoms with Crippen LogP contribution in [0.25, 0.3) is 0 Å². The van der Waals surface area contributed by atoms with Crippen LogP contribution in [-0.4, -0.2) is 28.4 Å². The molecule has 0 unspecified atom stereocenters. The number of thioether (sulfide) groups is 1. The smallest absolute Gasteiger partial charge is 0.234 e. The highest BCUT2D eigenvalue weighted by Crippen LogP contribution is 2.26. The van der Waals surface area contributed by atoms with E-state index >= 15 is 0 Å². The summed E-state index contributed by atoms with van der Waals surface area (Å²) in [6, 6.07) is 1.70. The van der Waals surface area contributed by atoms with Gasteiger partial charge in [-0.25, -0.2) is 13.2 Å². The summed E-state index contributed by atoms with van der Waals surface area (Å²) < 4.78 is 39.8. The normalized spacial score (nSPS) is 10.4. The average molecular weight is 360 g/mol. The number of halogens is 3. The van der Waals surface area contributed by atoms with Crippen LogP contribution in [-0.2, 0) is 4.79 Å². The summed E-state index contributed by atoms with van der Waals surface area (Å²) in [4.78, 5) is 11.7. The van der Waals surface area contributed by atoms with Crippen LogP contribution >= 0.6 is 23.1 Å². The van der Waals surface area contributed by atoms with Crippen molar-refractivity contribution in [1.82, 2.24) is 10.2 Å². The number of amides is 1. The molecular formula is C13H11F3N4OS2. The van der Waals surface area contributed by atoms with Crippen molar-refractivity contribution >= 4 is 39.8 Å². The molecule has 0 fully saturated rings. The monoisotopic (exact) mass is 360 g/mol. The van der Waals surface area contributed by atoms with Crippen LogP contribution in [0.5, 0.6) is 0 Å². The van der Waals surface area contributed by atoms with E-state index < -0.39 is 29.0 Å². The highest BCUT2D eigenvalue weighted by molar-refractivity contribution is 8.01. The molecule has 0 aliphatic carbocycles. The molecule has 0 saturated heterocycles. The SMILES string of the molecule is C=CCNc1nnc(SCC(=O)Nc2ccc(F)c(F)c2F)s1. The summed E-state index contributed by atoms with van der Waals surface area (Å²) >= 11 is 2.34. The molecule has 0 saturated carbocycles. The molecule has 0 spiro atoms. The maximum atomic E-state index is 13.4. The first-order valence-electron chi connectivity index (χ1n) is 6.25. The van der Waals surface area contributed by atoms with Gasteiger partial charge in [0.1, 0.15) is 0 Å². The van der Waals surface area contributed by atoms with Gasteiger partial charge in [0.05, 0.1) is 11.4 Å². The molecule has 0 bridgehead atoms. The first kappa shape index (κ1) is 17.3. The number of nitrogens with one attached hydrogen (secondary N) is 2. The number of carbonyl (C=O) groups excluding carboxylic acids is 1. The van der Waals surface area contributed by atoms with Crippen LogP contribution in [0, 0.1) is 17.5 Å². The molecule has 2 N–H and O–H groups in total. The van der Waals surface area contributed by atoms with Gasteiger partial charge in [-0.2, -0.15) is 0 Å². The van der Waals surface area contributed by atoms with E-state index in [0.29, 0.717) is 16.0 Å². The number of benzene rings is 1. The Bertz CT molecular complexity index is 723. The molecule has 1 aromatic carbocycles. The molecule has 2 rings (SSSR count). The summed E-state index contributed by atoms with van der Waals surface area (Å²) in [7, 11) is 0. The van der Waals surface area contributed by atoms with Gasteiger partial charge in [0.25, 0.3) is 0 Å². The van der Waals surface area contributed by atoms with Gasteiger partial charge in [-0.05, 0) is 12.1 Å². The number of anilines is 2. The Labute approximate surface area is 138 Å². The quantitative estimate of drug-likeness (QED) is 0.451. The van der Waals surface area contributed by atoms with Gasteiger partial charge >= 0.3 is 0 Å². The Morgan fingerprint density at radius 1 is 1.30 bits per heavy atom. The molecule has 2 aromatic rings. The van der Waals surface area contributed by atoms with E-state index in [1.54, 1.807) is 6.08 Å². The van der Waals surface area contributed by atoms with E-state index in [0.717, 1.165) is 23.9 Å². The van der Waals surface area contributed by atoms with Crippen molar-refractivity contribution in [3.05, 3.63) is 42.2 Å². The topological polar surface area (TPSA) is 66.9 Å². The lowest BCUT2D eigenvalue weighted by molar-refractivity contribution is -0.113. The lowest BCUT2D eigenvalue weighted by Gasteiger charge is -2.06. The number of rotatable bonds is 7. The van der Waals surface area contributed by atoms with E-state index in [2.05, 4.69) is 27.4 Å². The number of hydrogen-bond acceptors (Lipinski definition) is 6. The summed E-state index contributed by atoms with van der Waals surface area (Å²) in [5, 5.41) is 13.4. The predicted octanol–water partition coefficient (Wildman–Crippen LogP) is 3.28. The minimum atomic E-state index is -1.63. The molecule has 0 aliphatic rings. The molecule has 23 heavy (non-hydrogen) atoms. The summed E-state index contributed by atoms with van der Waals surface area (Å²) in [5.41, 5.74) is -0.417. The summed E-state index contributed by atoms with van der Waals surface area (Å²) in [6.45, 7) is 4.09. The number of nitrogens with zero attached hydrogens (tertiary/aromatic N) is 2. The van der Waals surface area contributed by atoms with Crippen molar-refractivity contribution in [2.75, 3.05) is 22.9 Å². The van der Waals surface area contributed by atoms with Crippen LogP contribution in [0.1, 0.15) is 0 Å². The van der Waals surface area contributed by atoms with Gasteiger partial charge in [0.2, 0.25) is 11.0 Å². The van der Waals surface area contributed by atoms with Crippen LogP contribution in [0.15, 0.2) is 29.1 Å². The van der Waals surface area contributed by atoms with Crippen molar-refractivity contribution in [2.24, 2.45) is 0 Å². The lowest BCUT2D eigenvalue weighted by atomic mass is 10.3. The molecule has 0 radical (unpaired) electrons. The van der Waals surface area contributed by atoms with Gasteiger partial charge in [-0.15, -0.1) is 16.8 Å². The Kier molecular flexibility index (Phi) is 5.99. The summed E-state index contributed by atoms with van der Waals surface area (Å²) in [5.74, 6) is -5.03. The van der Waals surface area contributed by atoms with E-state index in [4.69, 9.17) is 0 Å². The molecule has 10 heteroatoms. The summed E-state index contributed by atoms with van der Waals surface area (Å²) in [6.07, 6.45) is 1.66. The fraction of sp³-hybridized carbons (Fsp3) is 0.154. The fourth-order valence-corrected chi connectivity index (χ4v) is 2.99.